The molecular formula is C50H66N2O. The zero-order valence-corrected chi connectivity index (χ0v) is 34.4. The van der Waals surface area contributed by atoms with Gasteiger partial charge in [-0.05, 0) is 118 Å². The maximum Gasteiger partial charge on any atom is 0.132 e. The van der Waals surface area contributed by atoms with Crippen molar-refractivity contribution in [2.45, 2.75) is 106 Å². The van der Waals surface area contributed by atoms with Crippen LogP contribution < -0.4 is 15.4 Å². The molecule has 3 aromatic rings. The first kappa shape index (κ1) is 41.3. The van der Waals surface area contributed by atoms with Crippen LogP contribution in [0.3, 0.4) is 0 Å². The summed E-state index contributed by atoms with van der Waals surface area (Å²) in [5.74, 6) is 1.88. The lowest BCUT2D eigenvalue weighted by molar-refractivity contribution is 0.267. The van der Waals surface area contributed by atoms with Crippen molar-refractivity contribution in [2.75, 3.05) is 13.1 Å². The van der Waals surface area contributed by atoms with Crippen LogP contribution in [-0.4, -0.2) is 13.1 Å². The molecule has 0 amide bonds. The lowest BCUT2D eigenvalue weighted by Crippen LogP contribution is -2.30. The van der Waals surface area contributed by atoms with Crippen molar-refractivity contribution in [3.05, 3.63) is 167 Å². The number of fused-ring (bicyclic) bond motifs is 4. The number of rotatable bonds is 14. The van der Waals surface area contributed by atoms with Crippen LogP contribution in [0.25, 0.3) is 0 Å². The Bertz CT molecular complexity index is 1810. The van der Waals surface area contributed by atoms with Crippen molar-refractivity contribution < 1.29 is 4.74 Å². The van der Waals surface area contributed by atoms with Crippen LogP contribution in [0.4, 0.5) is 0 Å². The quantitative estimate of drug-likeness (QED) is 0.175. The molecule has 0 aromatic heterocycles. The third-order valence-electron chi connectivity index (χ3n) is 11.1. The monoisotopic (exact) mass is 711 g/mol. The van der Waals surface area contributed by atoms with E-state index >= 15 is 0 Å². The second kappa shape index (κ2) is 17.5. The molecule has 0 radical (unpaired) electrons. The van der Waals surface area contributed by atoms with Gasteiger partial charge < -0.3 is 15.4 Å². The maximum absolute atomic E-state index is 6.34. The van der Waals surface area contributed by atoms with Gasteiger partial charge in [-0.25, -0.2) is 0 Å². The van der Waals surface area contributed by atoms with E-state index in [0.717, 1.165) is 60.0 Å². The van der Waals surface area contributed by atoms with Gasteiger partial charge in [0, 0.05) is 41.0 Å². The van der Waals surface area contributed by atoms with Crippen LogP contribution in [-0.2, 0) is 11.8 Å². The summed E-state index contributed by atoms with van der Waals surface area (Å²) in [6.45, 7) is 38.6. The van der Waals surface area contributed by atoms with Crippen molar-refractivity contribution in [1.29, 1.82) is 0 Å². The first-order valence-electron chi connectivity index (χ1n) is 19.5. The zero-order chi connectivity index (χ0) is 39.0. The summed E-state index contributed by atoms with van der Waals surface area (Å²) < 4.78 is 6.34. The van der Waals surface area contributed by atoms with Gasteiger partial charge in [0.05, 0.1) is 5.41 Å². The van der Waals surface area contributed by atoms with Gasteiger partial charge in [0.15, 0.2) is 0 Å². The van der Waals surface area contributed by atoms with Crippen molar-refractivity contribution >= 4 is 0 Å². The topological polar surface area (TPSA) is 33.3 Å². The summed E-state index contributed by atoms with van der Waals surface area (Å²) in [7, 11) is 0. The molecule has 0 atom stereocenters. The Balaban J connectivity index is 0.000000237. The van der Waals surface area contributed by atoms with E-state index in [1.165, 1.54) is 64.6 Å². The second-order valence-corrected chi connectivity index (χ2v) is 16.9. The number of nitrogens with one attached hydrogen (secondary N) is 2. The molecule has 2 aliphatic rings. The van der Waals surface area contributed by atoms with Crippen LogP contribution in [0.15, 0.2) is 133 Å². The van der Waals surface area contributed by atoms with Gasteiger partial charge in [0.1, 0.15) is 11.5 Å². The molecule has 1 aliphatic carbocycles. The van der Waals surface area contributed by atoms with Gasteiger partial charge in [-0.1, -0.05) is 133 Å². The minimum atomic E-state index is -0.280. The lowest BCUT2D eigenvalue weighted by atomic mass is 9.68. The Labute approximate surface area is 322 Å². The highest BCUT2D eigenvalue weighted by Crippen LogP contribution is 2.61. The molecule has 5 rings (SSSR count). The lowest BCUT2D eigenvalue weighted by Gasteiger charge is -2.38. The summed E-state index contributed by atoms with van der Waals surface area (Å²) in [6, 6.07) is 21.8. The Hall–Kier alpha value is -4.50. The molecule has 0 unspecified atom stereocenters. The van der Waals surface area contributed by atoms with E-state index in [0.29, 0.717) is 5.41 Å². The van der Waals surface area contributed by atoms with E-state index in [-0.39, 0.29) is 10.8 Å². The number of allylic oxidation sites excluding steroid dienone is 8. The van der Waals surface area contributed by atoms with Gasteiger partial charge in [-0.15, -0.1) is 0 Å². The SMILES string of the molecule is C=C(C)NCCC(C)(C)CCCC(C)(C)C(=C)NCCc1ccc(C)cc1.C=C1CC2(/C(=C/C=C\C)C1=C)c1ccc(C)cc1Oc1cc(C)ccc12. The van der Waals surface area contributed by atoms with Crippen LogP contribution in [0.5, 0.6) is 11.5 Å². The molecule has 2 N–H and O–H groups in total. The number of ether oxygens (including phenoxy) is 1. The van der Waals surface area contributed by atoms with Crippen LogP contribution in [0.1, 0.15) is 107 Å². The first-order valence-corrected chi connectivity index (χ1v) is 19.5. The average molecular weight is 711 g/mol. The van der Waals surface area contributed by atoms with Crippen molar-refractivity contribution in [2.24, 2.45) is 10.8 Å². The summed E-state index contributed by atoms with van der Waals surface area (Å²) in [5.41, 5.74) is 13.3. The van der Waals surface area contributed by atoms with E-state index in [4.69, 9.17) is 4.74 Å². The molecule has 1 fully saturated rings. The molecule has 3 nitrogen and oxygen atoms in total. The molecule has 3 aromatic carbocycles. The van der Waals surface area contributed by atoms with Crippen molar-refractivity contribution in [1.82, 2.24) is 10.6 Å². The fourth-order valence-electron chi connectivity index (χ4n) is 7.53. The molecule has 282 valence electrons. The standard InChI is InChI=1S/C25H42N2.C25H24O/c1-20(2)26-19-17-24(5,6)15-9-16-25(7,8)22(4)27-18-14-23-12-10-21(3)11-13-23;1-6-7-8-20-19(5)18(4)15-25(20)21-11-9-16(2)13-23(21)26-24-14-17(3)10-12-22(24)25/h10-13,26-27H,1,4,9,14-19H2,2-3,5-8H3;6-14H,4-5,15H2,1-3H3/b;7-6-,20-8+. The minimum Gasteiger partial charge on any atom is -0.457 e. The molecule has 1 spiro atoms. The van der Waals surface area contributed by atoms with Crippen LogP contribution in [0.2, 0.25) is 0 Å². The van der Waals surface area contributed by atoms with E-state index in [2.05, 4.69) is 164 Å². The summed E-state index contributed by atoms with van der Waals surface area (Å²) in [4.78, 5) is 0. The van der Waals surface area contributed by atoms with E-state index in [1.807, 2.05) is 13.8 Å². The Kier molecular flexibility index (Phi) is 13.7. The third-order valence-corrected chi connectivity index (χ3v) is 11.1. The van der Waals surface area contributed by atoms with Crippen molar-refractivity contribution in [3.8, 4) is 11.5 Å². The van der Waals surface area contributed by atoms with Crippen molar-refractivity contribution in [3.63, 3.8) is 0 Å². The highest BCUT2D eigenvalue weighted by Gasteiger charge is 2.50. The zero-order valence-electron chi connectivity index (χ0n) is 34.4. The molecule has 3 heteroatoms. The number of benzene rings is 3. The average Bonchev–Trinajstić information content (AvgIpc) is 3.32. The molecular weight excluding hydrogens is 645 g/mol. The molecule has 1 saturated carbocycles. The Morgan fingerprint density at radius 3 is 1.94 bits per heavy atom. The minimum absolute atomic E-state index is 0.124. The predicted molar refractivity (Wildman–Crippen MR) is 230 cm³/mol. The molecule has 0 saturated heterocycles. The van der Waals surface area contributed by atoms with Gasteiger partial charge >= 0.3 is 0 Å². The fraction of sp³-hybridized carbons (Fsp3) is 0.400. The van der Waals surface area contributed by atoms with E-state index < -0.39 is 0 Å². The highest BCUT2D eigenvalue weighted by molar-refractivity contribution is 5.73. The highest BCUT2D eigenvalue weighted by atomic mass is 16.5. The second-order valence-electron chi connectivity index (χ2n) is 16.9. The third kappa shape index (κ3) is 10.3. The Morgan fingerprint density at radius 1 is 0.792 bits per heavy atom. The van der Waals surface area contributed by atoms with E-state index in [9.17, 15) is 0 Å². The number of aryl methyl sites for hydroxylation is 3. The van der Waals surface area contributed by atoms with E-state index in [1.54, 1.807) is 0 Å². The van der Waals surface area contributed by atoms with Gasteiger partial charge in [-0.3, -0.25) is 0 Å². The first-order chi connectivity index (χ1) is 25.0. The van der Waals surface area contributed by atoms with Gasteiger partial charge in [-0.2, -0.15) is 0 Å². The normalized spacial score (nSPS) is 15.5. The van der Waals surface area contributed by atoms with Crippen LogP contribution >= 0.6 is 0 Å². The molecule has 1 aliphatic heterocycles. The molecule has 0 bridgehead atoms. The number of hydrogen-bond donors (Lipinski definition) is 2. The molecule has 53 heavy (non-hydrogen) atoms. The molecule has 1 heterocycles. The Morgan fingerprint density at radius 2 is 1.38 bits per heavy atom. The summed E-state index contributed by atoms with van der Waals surface area (Å²) >= 11 is 0. The van der Waals surface area contributed by atoms with Crippen LogP contribution in [0, 0.1) is 31.6 Å². The number of hydrogen-bond acceptors (Lipinski definition) is 3. The maximum atomic E-state index is 6.34. The van der Waals surface area contributed by atoms with Gasteiger partial charge in [0.25, 0.3) is 0 Å². The predicted octanol–water partition coefficient (Wildman–Crippen LogP) is 13.1. The summed E-state index contributed by atoms with van der Waals surface area (Å²) in [5, 5.41) is 6.91. The largest absolute Gasteiger partial charge is 0.457 e. The smallest absolute Gasteiger partial charge is 0.132 e. The van der Waals surface area contributed by atoms with Gasteiger partial charge in [0.2, 0.25) is 0 Å². The summed E-state index contributed by atoms with van der Waals surface area (Å²) in [6.07, 6.45) is 13.0. The fourth-order valence-corrected chi connectivity index (χ4v) is 7.53.